The van der Waals surface area contributed by atoms with E-state index in [-0.39, 0.29) is 37.6 Å². The zero-order chi connectivity index (χ0) is 6.62. The van der Waals surface area contributed by atoms with Gasteiger partial charge in [0.05, 0.1) is 6.61 Å². The molecule has 0 fully saturated rings. The van der Waals surface area contributed by atoms with Gasteiger partial charge in [0.15, 0.2) is 0 Å². The summed E-state index contributed by atoms with van der Waals surface area (Å²) < 4.78 is 13.7. The Kier molecular flexibility index (Phi) is 7.82. The van der Waals surface area contributed by atoms with Gasteiger partial charge in [0.1, 0.15) is 0 Å². The minimum absolute atomic E-state index is 0. The van der Waals surface area contributed by atoms with Crippen LogP contribution < -0.4 is 29.6 Å². The van der Waals surface area contributed by atoms with Crippen molar-refractivity contribution in [3.63, 3.8) is 0 Å². The van der Waals surface area contributed by atoms with Gasteiger partial charge in [0.25, 0.3) is 0 Å². The van der Waals surface area contributed by atoms with Gasteiger partial charge in [-0.25, -0.2) is 4.57 Å². The Morgan fingerprint density at radius 2 is 2.22 bits per heavy atom. The van der Waals surface area contributed by atoms with Gasteiger partial charge in [-0.05, 0) is 0 Å². The Bertz CT molecular complexity index is 124. The maximum Gasteiger partial charge on any atom is 1.00 e. The van der Waals surface area contributed by atoms with Crippen molar-refractivity contribution in [2.75, 3.05) is 6.61 Å². The van der Waals surface area contributed by atoms with Gasteiger partial charge < -0.3 is 11.2 Å². The summed E-state index contributed by atoms with van der Waals surface area (Å²) in [5.41, 5.74) is 0. The van der Waals surface area contributed by atoms with Crippen LogP contribution in [0, 0.1) is 0 Å². The van der Waals surface area contributed by atoms with Gasteiger partial charge in [-0.1, -0.05) is 6.08 Å². The van der Waals surface area contributed by atoms with Gasteiger partial charge in [-0.15, -0.1) is 6.58 Å². The second kappa shape index (κ2) is 5.62. The normalized spacial score (nSPS) is 10.0. The van der Waals surface area contributed by atoms with Gasteiger partial charge >= 0.3 is 37.4 Å². The third kappa shape index (κ3) is 12.1. The monoisotopic (exact) mass is 162 g/mol. The second-order valence-corrected chi connectivity index (χ2v) is 2.31. The maximum absolute atomic E-state index is 9.81. The van der Waals surface area contributed by atoms with Gasteiger partial charge in [-0.2, -0.15) is 0 Å². The molecule has 6 heteroatoms. The van der Waals surface area contributed by atoms with Crippen LogP contribution in [0.15, 0.2) is 12.7 Å². The van der Waals surface area contributed by atoms with E-state index in [1.165, 1.54) is 6.08 Å². The number of phosphoric ester groups is 1. The molecule has 0 aliphatic carbocycles. The molecule has 2 N–H and O–H groups in total. The van der Waals surface area contributed by atoms with Crippen LogP contribution in [0.2, 0.25) is 0 Å². The van der Waals surface area contributed by atoms with E-state index < -0.39 is 7.82 Å². The molecule has 0 aliphatic rings. The fraction of sp³-hybridized carbons (Fsp3) is 0.333. The summed E-state index contributed by atoms with van der Waals surface area (Å²) >= 11 is 0. The Morgan fingerprint density at radius 1 is 1.78 bits per heavy atom. The zero-order valence-electron chi connectivity index (χ0n) is 6.15. The molecule has 0 radical (unpaired) electrons. The molecule has 0 rings (SSSR count). The third-order valence-electron chi connectivity index (χ3n) is 0.361. The molecule has 0 atom stereocenters. The minimum Gasteiger partial charge on any atom is -1.00 e. The van der Waals surface area contributed by atoms with Crippen LogP contribution in [-0.4, -0.2) is 16.4 Å². The van der Waals surface area contributed by atoms with Gasteiger partial charge in [0.2, 0.25) is 0 Å². The van der Waals surface area contributed by atoms with E-state index in [0.717, 1.165) is 0 Å². The van der Waals surface area contributed by atoms with Crippen molar-refractivity contribution in [1.29, 1.82) is 0 Å². The fourth-order valence-corrected chi connectivity index (χ4v) is 0.449. The van der Waals surface area contributed by atoms with Crippen molar-refractivity contribution in [2.45, 2.75) is 0 Å². The van der Waals surface area contributed by atoms with Crippen LogP contribution >= 0.6 is 7.82 Å². The van der Waals surface area contributed by atoms with Crippen LogP contribution in [-0.2, 0) is 9.09 Å². The third-order valence-corrected chi connectivity index (χ3v) is 0.846. The van der Waals surface area contributed by atoms with Crippen LogP contribution in [0.5, 0.6) is 0 Å². The molecule has 0 spiro atoms. The average Bonchev–Trinajstić information content (AvgIpc) is 1.59. The van der Waals surface area contributed by atoms with Crippen molar-refractivity contribution in [3.05, 3.63) is 12.7 Å². The van der Waals surface area contributed by atoms with Crippen molar-refractivity contribution in [2.24, 2.45) is 0 Å². The maximum atomic E-state index is 9.81. The van der Waals surface area contributed by atoms with E-state index in [0.29, 0.717) is 0 Å². The summed E-state index contributed by atoms with van der Waals surface area (Å²) in [5, 5.41) is 0. The van der Waals surface area contributed by atoms with Crippen LogP contribution in [0.3, 0.4) is 0 Å². The Balaban J connectivity index is -0.000000245. The first-order valence-corrected chi connectivity index (χ1v) is 3.40. The van der Waals surface area contributed by atoms with Gasteiger partial charge in [-0.3, -0.25) is 4.52 Å². The predicted octanol–water partition coefficient (Wildman–Crippen LogP) is -2.60. The minimum atomic E-state index is -4.25. The van der Waals surface area contributed by atoms with E-state index >= 15 is 0 Å². The first kappa shape index (κ1) is 12.5. The van der Waals surface area contributed by atoms with E-state index in [4.69, 9.17) is 9.79 Å². The average molecular weight is 162 g/mol. The summed E-state index contributed by atoms with van der Waals surface area (Å²) in [4.78, 5) is 16.0. The topological polar surface area (TPSA) is 66.8 Å². The summed E-state index contributed by atoms with van der Waals surface area (Å²) in [5.74, 6) is 0. The summed E-state index contributed by atoms with van der Waals surface area (Å²) in [6.07, 6.45) is 1.26. The molecule has 0 unspecified atom stereocenters. The molecule has 0 aliphatic heterocycles. The number of hydrogen-bond donors (Lipinski definition) is 2. The quantitative estimate of drug-likeness (QED) is 0.271. The summed E-state index contributed by atoms with van der Waals surface area (Å²) in [6, 6.07) is 0. The molecule has 0 heterocycles. The summed E-state index contributed by atoms with van der Waals surface area (Å²) in [6.45, 7) is 3.07. The standard InChI is InChI=1S/C3H7O4P.Na.H/c1-2-3-7-8(4,5)6;;/h2H,1,3H2,(H2,4,5,6);;/q;+1;-1. The first-order chi connectivity index (χ1) is 3.56. The molecule has 0 saturated heterocycles. The van der Waals surface area contributed by atoms with Crippen LogP contribution in [0.25, 0.3) is 0 Å². The van der Waals surface area contributed by atoms with Crippen molar-refractivity contribution in [3.8, 4) is 0 Å². The molecule has 0 aromatic carbocycles. The largest absolute Gasteiger partial charge is 1.00 e. The van der Waals surface area contributed by atoms with E-state index in [9.17, 15) is 4.57 Å². The van der Waals surface area contributed by atoms with E-state index in [2.05, 4.69) is 11.1 Å². The zero-order valence-corrected chi connectivity index (χ0v) is 8.04. The Labute approximate surface area is 76.9 Å². The molecule has 0 bridgehead atoms. The Morgan fingerprint density at radius 3 is 2.33 bits per heavy atom. The first-order valence-electron chi connectivity index (χ1n) is 1.87. The number of rotatable bonds is 3. The molecule has 50 valence electrons. The predicted molar refractivity (Wildman–Crippen MR) is 29.3 cm³/mol. The summed E-state index contributed by atoms with van der Waals surface area (Å²) in [7, 11) is -4.25. The van der Waals surface area contributed by atoms with E-state index in [1.807, 2.05) is 0 Å². The molecule has 0 saturated carbocycles. The SMILES string of the molecule is C=CCOP(=O)(O)O.[H-].[Na+]. The van der Waals surface area contributed by atoms with Crippen molar-refractivity contribution < 1.29 is 49.9 Å². The van der Waals surface area contributed by atoms with Crippen LogP contribution in [0.4, 0.5) is 0 Å². The Hall–Kier alpha value is 0.850. The second-order valence-electron chi connectivity index (χ2n) is 1.08. The van der Waals surface area contributed by atoms with Gasteiger partial charge in [0, 0.05) is 0 Å². The molecule has 4 nitrogen and oxygen atoms in total. The number of hydrogen-bond acceptors (Lipinski definition) is 2. The van der Waals surface area contributed by atoms with Crippen molar-refractivity contribution in [1.82, 2.24) is 0 Å². The number of phosphoric acid groups is 1. The molecule has 0 amide bonds. The van der Waals surface area contributed by atoms with Crippen molar-refractivity contribution >= 4 is 7.82 Å². The molecule has 0 aromatic rings. The molecular weight excluding hydrogens is 154 g/mol. The molecule has 0 aromatic heterocycles. The smallest absolute Gasteiger partial charge is 1.00 e. The van der Waals surface area contributed by atoms with Crippen LogP contribution in [0.1, 0.15) is 1.43 Å². The molecule has 9 heavy (non-hydrogen) atoms. The van der Waals surface area contributed by atoms with E-state index in [1.54, 1.807) is 0 Å². The fourth-order valence-electron chi connectivity index (χ4n) is 0.150. The molecular formula is C3H8NaO4P.